The van der Waals surface area contributed by atoms with Gasteiger partial charge in [0, 0.05) is 29.4 Å². The normalized spacial score (nSPS) is 18.5. The first-order chi connectivity index (χ1) is 16.3. The summed E-state index contributed by atoms with van der Waals surface area (Å²) in [6, 6.07) is 2.05. The number of hydrogen-bond acceptors (Lipinski definition) is 5. The van der Waals surface area contributed by atoms with E-state index in [4.69, 9.17) is 4.74 Å². The Balaban J connectivity index is 1.54. The Morgan fingerprint density at radius 3 is 2.54 bits per heavy atom. The van der Waals surface area contributed by atoms with Gasteiger partial charge in [0.05, 0.1) is 17.4 Å². The monoisotopic (exact) mass is 502 g/mol. The van der Waals surface area contributed by atoms with Crippen molar-refractivity contribution in [3.8, 4) is 0 Å². The highest BCUT2D eigenvalue weighted by atomic mass is 32.1. The zero-order valence-corrected chi connectivity index (χ0v) is 21.3. The van der Waals surface area contributed by atoms with Crippen LogP contribution in [0.25, 0.3) is 11.2 Å². The van der Waals surface area contributed by atoms with Crippen molar-refractivity contribution in [1.29, 1.82) is 0 Å². The summed E-state index contributed by atoms with van der Waals surface area (Å²) in [4.78, 5) is 31.7. The van der Waals surface area contributed by atoms with Crippen LogP contribution >= 0.6 is 11.3 Å². The topological polar surface area (TPSA) is 75.9 Å². The molecule has 0 spiro atoms. The summed E-state index contributed by atoms with van der Waals surface area (Å²) in [5.41, 5.74) is 1.23. The van der Waals surface area contributed by atoms with Crippen LogP contribution in [-0.4, -0.2) is 44.0 Å². The molecule has 4 rings (SSSR count). The molecule has 0 radical (unpaired) electrons. The maximum absolute atomic E-state index is 14.8. The molecule has 0 unspecified atom stereocenters. The molecule has 0 saturated heterocycles. The lowest BCUT2D eigenvalue weighted by atomic mass is 9.96. The van der Waals surface area contributed by atoms with E-state index in [0.717, 1.165) is 23.0 Å². The van der Waals surface area contributed by atoms with Gasteiger partial charge in [-0.2, -0.15) is 0 Å². The number of ether oxygens (including phenoxy) is 1. The highest BCUT2D eigenvalue weighted by Crippen LogP contribution is 2.35. The fourth-order valence-electron chi connectivity index (χ4n) is 4.22. The number of pyridine rings is 1. The average molecular weight is 503 g/mol. The highest BCUT2D eigenvalue weighted by molar-refractivity contribution is 7.15. The minimum atomic E-state index is -0.665. The Morgan fingerprint density at radius 2 is 1.89 bits per heavy atom. The molecule has 0 saturated carbocycles. The fraction of sp³-hybridized carbons (Fsp3) is 0.400. The van der Waals surface area contributed by atoms with E-state index in [0.29, 0.717) is 17.0 Å². The van der Waals surface area contributed by atoms with Crippen molar-refractivity contribution in [2.45, 2.75) is 65.6 Å². The first kappa shape index (κ1) is 24.8. The lowest BCUT2D eigenvalue weighted by molar-refractivity contribution is 0.0123. The summed E-state index contributed by atoms with van der Waals surface area (Å²) in [5, 5.41) is 2.57. The number of amides is 2. The maximum atomic E-state index is 14.8. The van der Waals surface area contributed by atoms with Crippen molar-refractivity contribution < 1.29 is 23.1 Å². The number of nitrogens with zero attached hydrogens (tertiary/aromatic N) is 3. The SMILES string of the molecule is Cc1cn2cc(NC(=O)c3sc(C4=C[C@@H](C)N(C(=O)OC(C)(C)C)[C@@H](C)C4)cc3F)cc(F)c2n1. The largest absolute Gasteiger partial charge is 0.444 e. The van der Waals surface area contributed by atoms with E-state index < -0.39 is 29.2 Å². The van der Waals surface area contributed by atoms with E-state index in [1.807, 2.05) is 40.7 Å². The second-order valence-corrected chi connectivity index (χ2v) is 10.9. The third-order valence-electron chi connectivity index (χ3n) is 5.57. The number of aryl methyl sites for hydroxylation is 1. The first-order valence-corrected chi connectivity index (χ1v) is 12.1. The molecule has 4 heterocycles. The molecular formula is C25H28F2N4O3S. The predicted molar refractivity (Wildman–Crippen MR) is 132 cm³/mol. The predicted octanol–water partition coefficient (Wildman–Crippen LogP) is 6.04. The van der Waals surface area contributed by atoms with E-state index in [2.05, 4.69) is 10.3 Å². The van der Waals surface area contributed by atoms with Crippen LogP contribution in [-0.2, 0) is 4.74 Å². The minimum Gasteiger partial charge on any atom is -0.444 e. The van der Waals surface area contributed by atoms with Gasteiger partial charge in [-0.25, -0.2) is 18.6 Å². The van der Waals surface area contributed by atoms with Crippen molar-refractivity contribution in [3.63, 3.8) is 0 Å². The number of rotatable bonds is 3. The molecule has 2 amide bonds. The number of halogens is 2. The Hall–Kier alpha value is -3.27. The number of imidazole rings is 1. The standard InChI is InChI=1S/C25H28F2N4O3S/c1-13-11-30-12-17(9-19(27)22(30)28-13)29-23(32)21-18(26)10-20(35-21)16-7-14(2)31(15(3)8-16)24(33)34-25(4,5)6/h7,9-12,14-15H,8H2,1-6H3,(H,29,32)/t14-,15+/m1/s1. The van der Waals surface area contributed by atoms with Gasteiger partial charge in [0.15, 0.2) is 11.5 Å². The summed E-state index contributed by atoms with van der Waals surface area (Å²) in [7, 11) is 0. The molecule has 1 aliphatic heterocycles. The number of aromatic nitrogens is 2. The van der Waals surface area contributed by atoms with Crippen molar-refractivity contribution in [2.24, 2.45) is 0 Å². The van der Waals surface area contributed by atoms with E-state index >= 15 is 0 Å². The van der Waals surface area contributed by atoms with Gasteiger partial charge in [0.1, 0.15) is 16.3 Å². The van der Waals surface area contributed by atoms with Crippen molar-refractivity contribution >= 4 is 40.2 Å². The number of fused-ring (bicyclic) bond motifs is 1. The molecule has 1 aliphatic rings. The van der Waals surface area contributed by atoms with Gasteiger partial charge < -0.3 is 14.5 Å². The van der Waals surface area contributed by atoms with Gasteiger partial charge in [-0.3, -0.25) is 9.69 Å². The summed E-state index contributed by atoms with van der Waals surface area (Å²) in [5.74, 6) is -1.91. The van der Waals surface area contributed by atoms with Crippen LogP contribution in [0.5, 0.6) is 0 Å². The number of hydrogen-bond donors (Lipinski definition) is 1. The second-order valence-electron chi connectivity index (χ2n) is 9.80. The number of carbonyl (C=O) groups excluding carboxylic acids is 2. The molecule has 1 N–H and O–H groups in total. The average Bonchev–Trinajstić information content (AvgIpc) is 3.28. The van der Waals surface area contributed by atoms with E-state index in [1.54, 1.807) is 18.0 Å². The van der Waals surface area contributed by atoms with E-state index in [-0.39, 0.29) is 28.3 Å². The molecule has 0 fully saturated rings. The molecule has 0 aromatic carbocycles. The minimum absolute atomic E-state index is 0.0990. The number of anilines is 1. The molecule has 3 aromatic rings. The fourth-order valence-corrected chi connectivity index (χ4v) is 5.18. The Morgan fingerprint density at radius 1 is 1.17 bits per heavy atom. The third-order valence-corrected chi connectivity index (χ3v) is 6.75. The summed E-state index contributed by atoms with van der Waals surface area (Å²) in [6.45, 7) is 11.0. The van der Waals surface area contributed by atoms with E-state index in [9.17, 15) is 18.4 Å². The number of nitrogens with one attached hydrogen (secondary N) is 1. The van der Waals surface area contributed by atoms with Gasteiger partial charge >= 0.3 is 6.09 Å². The van der Waals surface area contributed by atoms with Crippen LogP contribution < -0.4 is 5.32 Å². The van der Waals surface area contributed by atoms with Crippen molar-refractivity contribution in [2.75, 3.05) is 5.32 Å². The molecule has 35 heavy (non-hydrogen) atoms. The molecule has 186 valence electrons. The van der Waals surface area contributed by atoms with Crippen LogP contribution in [0, 0.1) is 18.6 Å². The smallest absolute Gasteiger partial charge is 0.411 e. The number of carbonyl (C=O) groups is 2. The quantitative estimate of drug-likeness (QED) is 0.474. The Labute approximate surface area is 206 Å². The Kier molecular flexibility index (Phi) is 6.44. The number of thiophene rings is 1. The van der Waals surface area contributed by atoms with Crippen LogP contribution in [0.15, 0.2) is 30.6 Å². The zero-order valence-electron chi connectivity index (χ0n) is 20.5. The summed E-state index contributed by atoms with van der Waals surface area (Å²) in [6.07, 6.45) is 5.15. The van der Waals surface area contributed by atoms with E-state index in [1.165, 1.54) is 16.7 Å². The van der Waals surface area contributed by atoms with Crippen LogP contribution in [0.1, 0.15) is 61.3 Å². The van der Waals surface area contributed by atoms with Crippen molar-refractivity contribution in [3.05, 3.63) is 57.7 Å². The van der Waals surface area contributed by atoms with Gasteiger partial charge in [-0.05, 0) is 59.6 Å². The van der Waals surface area contributed by atoms with Crippen LogP contribution in [0.3, 0.4) is 0 Å². The molecule has 10 heteroatoms. The maximum Gasteiger partial charge on any atom is 0.411 e. The first-order valence-electron chi connectivity index (χ1n) is 11.3. The van der Waals surface area contributed by atoms with Crippen molar-refractivity contribution in [1.82, 2.24) is 14.3 Å². The molecule has 0 aliphatic carbocycles. The molecule has 3 aromatic heterocycles. The molecule has 7 nitrogen and oxygen atoms in total. The lowest BCUT2D eigenvalue weighted by Gasteiger charge is -2.38. The molecule has 2 atom stereocenters. The third kappa shape index (κ3) is 5.22. The lowest BCUT2D eigenvalue weighted by Crippen LogP contribution is -2.48. The molecular weight excluding hydrogens is 474 g/mol. The van der Waals surface area contributed by atoms with Gasteiger partial charge in [0.25, 0.3) is 5.91 Å². The zero-order chi connectivity index (χ0) is 25.7. The van der Waals surface area contributed by atoms with Crippen LogP contribution in [0.2, 0.25) is 0 Å². The highest BCUT2D eigenvalue weighted by Gasteiger charge is 2.33. The van der Waals surface area contributed by atoms with Gasteiger partial charge in [0.2, 0.25) is 0 Å². The molecule has 0 bridgehead atoms. The Bertz CT molecular complexity index is 1340. The van der Waals surface area contributed by atoms with Crippen LogP contribution in [0.4, 0.5) is 19.3 Å². The second kappa shape index (κ2) is 9.07. The summed E-state index contributed by atoms with van der Waals surface area (Å²) < 4.78 is 36.1. The summed E-state index contributed by atoms with van der Waals surface area (Å²) >= 11 is 1.03. The van der Waals surface area contributed by atoms with Gasteiger partial charge in [-0.1, -0.05) is 6.08 Å². The van der Waals surface area contributed by atoms with Gasteiger partial charge in [-0.15, -0.1) is 11.3 Å².